The van der Waals surface area contributed by atoms with Crippen LogP contribution in [0.4, 0.5) is 0 Å². The molecular weight excluding hydrogens is 548 g/mol. The number of methoxy groups -OCH3 is 1. The lowest BCUT2D eigenvalue weighted by molar-refractivity contribution is -0.141. The summed E-state index contributed by atoms with van der Waals surface area (Å²) in [4.78, 5) is 11.9. The third kappa shape index (κ3) is 7.88. The maximum atomic E-state index is 11.9. The number of aryl methyl sites for hydroxylation is 2. The van der Waals surface area contributed by atoms with Crippen LogP contribution in [0.15, 0.2) is 60.7 Å². The Balaban J connectivity index is 1.23. The van der Waals surface area contributed by atoms with Crippen molar-refractivity contribution in [2.75, 3.05) is 25.2 Å². The predicted molar refractivity (Wildman–Crippen MR) is 170 cm³/mol. The van der Waals surface area contributed by atoms with Crippen molar-refractivity contribution in [1.82, 2.24) is 0 Å². The number of hydrogen-bond acceptors (Lipinski definition) is 6. The van der Waals surface area contributed by atoms with Gasteiger partial charge in [-0.2, -0.15) is 10.6 Å². The van der Waals surface area contributed by atoms with Crippen LogP contribution in [-0.2, 0) is 29.0 Å². The Hall–Kier alpha value is -3.00. The average molecular weight is 593 g/mol. The van der Waals surface area contributed by atoms with Crippen molar-refractivity contribution in [1.29, 1.82) is 0 Å². The lowest BCUT2D eigenvalue weighted by Gasteiger charge is -2.39. The van der Waals surface area contributed by atoms with Gasteiger partial charge in [0.25, 0.3) is 0 Å². The Morgan fingerprint density at radius 1 is 0.905 bits per heavy atom. The Morgan fingerprint density at radius 3 is 2.38 bits per heavy atom. The van der Waals surface area contributed by atoms with Crippen molar-refractivity contribution in [3.63, 3.8) is 0 Å². The van der Waals surface area contributed by atoms with Gasteiger partial charge in [0.15, 0.2) is 0 Å². The van der Waals surface area contributed by atoms with Crippen molar-refractivity contribution in [3.05, 3.63) is 82.9 Å². The second-order valence-electron chi connectivity index (χ2n) is 11.8. The Morgan fingerprint density at radius 2 is 1.64 bits per heavy atom. The molecule has 0 bridgehead atoms. The van der Waals surface area contributed by atoms with E-state index < -0.39 is 10.6 Å². The van der Waals surface area contributed by atoms with Crippen LogP contribution in [-0.4, -0.2) is 40.3 Å². The van der Waals surface area contributed by atoms with Crippen LogP contribution in [0.2, 0.25) is 0 Å². The van der Waals surface area contributed by atoms with E-state index in [4.69, 9.17) is 14.2 Å². The van der Waals surface area contributed by atoms with Crippen LogP contribution in [0, 0.1) is 5.92 Å². The summed E-state index contributed by atoms with van der Waals surface area (Å²) in [5, 5.41) is 0. The molecule has 0 aromatic heterocycles. The molecule has 0 saturated carbocycles. The van der Waals surface area contributed by atoms with Crippen LogP contribution >= 0.6 is 10.6 Å². The zero-order valence-corrected chi connectivity index (χ0v) is 25.7. The molecule has 7 heteroatoms. The highest BCUT2D eigenvalue weighted by atomic mass is 32.3. The first kappa shape index (κ1) is 30.5. The van der Waals surface area contributed by atoms with Gasteiger partial charge >= 0.3 is 5.97 Å². The van der Waals surface area contributed by atoms with Gasteiger partial charge < -0.3 is 14.2 Å². The van der Waals surface area contributed by atoms with E-state index in [-0.39, 0.29) is 11.9 Å². The summed E-state index contributed by atoms with van der Waals surface area (Å²) in [5.74, 6) is 3.05. The maximum Gasteiger partial charge on any atom is 0.306 e. The second-order valence-corrected chi connectivity index (χ2v) is 14.2. The molecule has 1 aliphatic heterocycles. The van der Waals surface area contributed by atoms with Crippen LogP contribution in [0.3, 0.4) is 0 Å². The number of ether oxygens (including phenoxy) is 3. The fourth-order valence-corrected chi connectivity index (χ4v) is 7.77. The van der Waals surface area contributed by atoms with E-state index in [1.54, 1.807) is 0 Å². The molecule has 2 aliphatic rings. The van der Waals surface area contributed by atoms with E-state index in [2.05, 4.69) is 55.5 Å². The number of benzene rings is 3. The van der Waals surface area contributed by atoms with Gasteiger partial charge in [0, 0.05) is 11.5 Å². The molecule has 0 radical (unpaired) electrons. The lowest BCUT2D eigenvalue weighted by Crippen LogP contribution is -2.24. The van der Waals surface area contributed by atoms with Crippen molar-refractivity contribution in [2.24, 2.45) is 5.92 Å². The molecule has 1 unspecified atom stereocenters. The van der Waals surface area contributed by atoms with E-state index >= 15 is 0 Å². The van der Waals surface area contributed by atoms with Gasteiger partial charge in [0.2, 0.25) is 0 Å². The summed E-state index contributed by atoms with van der Waals surface area (Å²) in [6.07, 6.45) is 7.12. The third-order valence-electron chi connectivity index (χ3n) is 8.66. The zero-order valence-electron chi connectivity index (χ0n) is 24.8. The number of hydrogen-bond donors (Lipinski definition) is 2. The Kier molecular flexibility index (Phi) is 10.1. The molecule has 226 valence electrons. The normalized spacial score (nSPS) is 17.7. The summed E-state index contributed by atoms with van der Waals surface area (Å²) in [5.41, 5.74) is 7.48. The molecule has 3 aromatic carbocycles. The molecule has 1 saturated heterocycles. The molecule has 3 aromatic rings. The van der Waals surface area contributed by atoms with Gasteiger partial charge in [0.1, 0.15) is 18.1 Å². The first-order chi connectivity index (χ1) is 20.3. The highest BCUT2D eigenvalue weighted by Crippen LogP contribution is 2.45. The number of esters is 1. The van der Waals surface area contributed by atoms with Crippen LogP contribution in [0.1, 0.15) is 73.6 Å². The smallest absolute Gasteiger partial charge is 0.306 e. The number of rotatable bonds is 11. The van der Waals surface area contributed by atoms with Gasteiger partial charge in [-0.15, -0.1) is 0 Å². The summed E-state index contributed by atoms with van der Waals surface area (Å²) < 4.78 is 37.0. The van der Waals surface area contributed by atoms with E-state index in [0.717, 1.165) is 67.6 Å². The molecule has 0 amide bonds. The minimum atomic E-state index is -2.36. The molecule has 5 rings (SSSR count). The molecule has 6 nitrogen and oxygen atoms in total. The van der Waals surface area contributed by atoms with Crippen LogP contribution in [0.5, 0.6) is 11.5 Å². The standard InChI is InChI=1S/C35H44O6S/c1-3-5-29(22-35(36)39-2)27-10-12-31(13-11-27)40-24-26-8-9-28-6-4-7-30-21-32(14-15-33(30)34(28)20-26)41-23-25-16-18-42(37,38)19-17-25/h8-15,20-21,25,29,37-38H,3-7,16-19,22-24H2,1-2H3. The largest absolute Gasteiger partial charge is 0.493 e. The Labute approximate surface area is 251 Å². The minimum Gasteiger partial charge on any atom is -0.493 e. The second kappa shape index (κ2) is 14.0. The fraction of sp³-hybridized carbons (Fsp3) is 0.457. The summed E-state index contributed by atoms with van der Waals surface area (Å²) in [6.45, 7) is 3.24. The molecule has 1 atom stereocenters. The van der Waals surface area contributed by atoms with Crippen LogP contribution in [0.25, 0.3) is 11.1 Å². The molecule has 1 aliphatic carbocycles. The average Bonchev–Trinajstić information content (AvgIpc) is 3.18. The van der Waals surface area contributed by atoms with Crippen molar-refractivity contribution in [2.45, 2.75) is 70.8 Å². The molecule has 0 spiro atoms. The van der Waals surface area contributed by atoms with Gasteiger partial charge in [-0.25, -0.2) is 0 Å². The highest BCUT2D eigenvalue weighted by molar-refractivity contribution is 8.24. The van der Waals surface area contributed by atoms with Gasteiger partial charge in [0.05, 0.1) is 20.1 Å². The van der Waals surface area contributed by atoms with Gasteiger partial charge in [-0.1, -0.05) is 43.7 Å². The number of carbonyl (C=O) groups is 1. The minimum absolute atomic E-state index is 0.156. The molecule has 2 N–H and O–H groups in total. The van der Waals surface area contributed by atoms with Crippen molar-refractivity contribution < 1.29 is 28.1 Å². The molecular formula is C35H44O6S. The molecule has 1 fully saturated rings. The maximum absolute atomic E-state index is 11.9. The Bertz CT molecular complexity index is 1340. The quantitative estimate of drug-likeness (QED) is 0.218. The van der Waals surface area contributed by atoms with E-state index in [1.807, 2.05) is 12.1 Å². The fourth-order valence-electron chi connectivity index (χ4n) is 6.14. The molecule has 42 heavy (non-hydrogen) atoms. The van der Waals surface area contributed by atoms with Crippen LogP contribution < -0.4 is 9.47 Å². The lowest BCUT2D eigenvalue weighted by atomic mass is 9.91. The SMILES string of the molecule is CCCC(CC(=O)OC)c1ccc(OCc2ccc3c(c2)-c2ccc(OCC4CCS(O)(O)CC4)cc2CCC3)cc1. The first-order valence-electron chi connectivity index (χ1n) is 15.2. The highest BCUT2D eigenvalue weighted by Gasteiger charge is 2.25. The topological polar surface area (TPSA) is 85.2 Å². The summed E-state index contributed by atoms with van der Waals surface area (Å²) in [6, 6.07) is 21.2. The predicted octanol–water partition coefficient (Wildman–Crippen LogP) is 8.41. The first-order valence-corrected chi connectivity index (χ1v) is 17.1. The number of fused-ring (bicyclic) bond motifs is 3. The third-order valence-corrected chi connectivity index (χ3v) is 10.4. The van der Waals surface area contributed by atoms with Crippen molar-refractivity contribution >= 4 is 16.6 Å². The van der Waals surface area contributed by atoms with E-state index in [0.29, 0.717) is 37.1 Å². The van der Waals surface area contributed by atoms with Crippen molar-refractivity contribution in [3.8, 4) is 22.6 Å². The summed E-state index contributed by atoms with van der Waals surface area (Å²) >= 11 is 0. The van der Waals surface area contributed by atoms with E-state index in [9.17, 15) is 13.9 Å². The monoisotopic (exact) mass is 592 g/mol. The van der Waals surface area contributed by atoms with E-state index in [1.165, 1.54) is 29.4 Å². The zero-order chi connectivity index (χ0) is 29.5. The van der Waals surface area contributed by atoms with Gasteiger partial charge in [-0.3, -0.25) is 13.9 Å². The van der Waals surface area contributed by atoms with Gasteiger partial charge in [-0.05, 0) is 114 Å². The number of carbonyl (C=O) groups excluding carboxylic acids is 1. The molecule has 1 heterocycles. The summed E-state index contributed by atoms with van der Waals surface area (Å²) in [7, 11) is -0.917.